The van der Waals surface area contributed by atoms with E-state index in [0.29, 0.717) is 6.42 Å². The maximum absolute atomic E-state index is 9.43. The van der Waals surface area contributed by atoms with Crippen LogP contribution in [-0.2, 0) is 0 Å². The van der Waals surface area contributed by atoms with Crippen molar-refractivity contribution in [2.24, 2.45) is 0 Å². The molecule has 0 aliphatic rings. The zero-order valence-electron chi connectivity index (χ0n) is 12.0. The average Bonchev–Trinajstić information content (AvgIpc) is 2.39. The van der Waals surface area contributed by atoms with Crippen molar-refractivity contribution in [1.29, 1.82) is 0 Å². The minimum atomic E-state index is -0.969. The Morgan fingerprint density at radius 2 is 1.11 bits per heavy atom. The molecule has 0 aromatic carbocycles. The summed E-state index contributed by atoms with van der Waals surface area (Å²) in [6.07, 6.45) is 11.5. The van der Waals surface area contributed by atoms with E-state index in [9.17, 15) is 5.11 Å². The molecule has 0 aromatic rings. The SMILES string of the molecule is CCCCCCCCCCCC[C@H](O)[C@@H](O)CO. The topological polar surface area (TPSA) is 60.7 Å². The van der Waals surface area contributed by atoms with Crippen molar-refractivity contribution < 1.29 is 15.3 Å². The second kappa shape index (κ2) is 13.3. The lowest BCUT2D eigenvalue weighted by Gasteiger charge is -2.14. The molecule has 0 fully saturated rings. The van der Waals surface area contributed by atoms with Gasteiger partial charge in [0.2, 0.25) is 0 Å². The molecule has 0 radical (unpaired) electrons. The van der Waals surface area contributed by atoms with Gasteiger partial charge in [0.1, 0.15) is 6.10 Å². The molecule has 0 aliphatic carbocycles. The molecule has 3 N–H and O–H groups in total. The van der Waals surface area contributed by atoms with Gasteiger partial charge in [-0.2, -0.15) is 0 Å². The summed E-state index contributed by atoms with van der Waals surface area (Å²) in [4.78, 5) is 0. The summed E-state index contributed by atoms with van der Waals surface area (Å²) in [5.74, 6) is 0. The van der Waals surface area contributed by atoms with Crippen molar-refractivity contribution >= 4 is 0 Å². The van der Waals surface area contributed by atoms with Gasteiger partial charge in [-0.3, -0.25) is 0 Å². The Morgan fingerprint density at radius 3 is 1.56 bits per heavy atom. The van der Waals surface area contributed by atoms with E-state index in [0.717, 1.165) is 12.8 Å². The molecule has 0 rings (SSSR count). The Bertz CT molecular complexity index is 162. The van der Waals surface area contributed by atoms with Crippen LogP contribution in [0.15, 0.2) is 0 Å². The van der Waals surface area contributed by atoms with Crippen molar-refractivity contribution in [1.82, 2.24) is 0 Å². The van der Waals surface area contributed by atoms with Gasteiger partial charge < -0.3 is 15.3 Å². The molecule has 0 heterocycles. The number of unbranched alkanes of at least 4 members (excludes halogenated alkanes) is 9. The first kappa shape index (κ1) is 17.9. The first-order valence-electron chi connectivity index (χ1n) is 7.69. The predicted molar refractivity (Wildman–Crippen MR) is 75.6 cm³/mol. The van der Waals surface area contributed by atoms with Crippen LogP contribution < -0.4 is 0 Å². The third kappa shape index (κ3) is 11.0. The molecule has 3 nitrogen and oxygen atoms in total. The smallest absolute Gasteiger partial charge is 0.103 e. The fraction of sp³-hybridized carbons (Fsp3) is 1.00. The van der Waals surface area contributed by atoms with Gasteiger partial charge in [-0.15, -0.1) is 0 Å². The lowest BCUT2D eigenvalue weighted by molar-refractivity contribution is -0.0185. The van der Waals surface area contributed by atoms with Crippen molar-refractivity contribution in [2.45, 2.75) is 89.8 Å². The van der Waals surface area contributed by atoms with Crippen LogP contribution in [-0.4, -0.2) is 34.1 Å². The third-order valence-electron chi connectivity index (χ3n) is 3.48. The molecule has 0 aliphatic heterocycles. The first-order chi connectivity index (χ1) is 8.72. The van der Waals surface area contributed by atoms with Crippen LogP contribution in [0.4, 0.5) is 0 Å². The number of aliphatic hydroxyl groups is 3. The van der Waals surface area contributed by atoms with Crippen LogP contribution in [0.25, 0.3) is 0 Å². The van der Waals surface area contributed by atoms with Crippen molar-refractivity contribution in [3.05, 3.63) is 0 Å². The van der Waals surface area contributed by atoms with Crippen LogP contribution in [0, 0.1) is 0 Å². The van der Waals surface area contributed by atoms with Gasteiger partial charge in [0.15, 0.2) is 0 Å². The van der Waals surface area contributed by atoms with Crippen LogP contribution in [0.1, 0.15) is 77.6 Å². The molecule has 110 valence electrons. The minimum absolute atomic E-state index is 0.348. The van der Waals surface area contributed by atoms with Gasteiger partial charge in [-0.05, 0) is 6.42 Å². The van der Waals surface area contributed by atoms with Crippen molar-refractivity contribution in [3.8, 4) is 0 Å². The fourth-order valence-corrected chi connectivity index (χ4v) is 2.15. The Balaban J connectivity index is 3.11. The van der Waals surface area contributed by atoms with E-state index >= 15 is 0 Å². The highest BCUT2D eigenvalue weighted by molar-refractivity contribution is 4.65. The summed E-state index contributed by atoms with van der Waals surface area (Å²) < 4.78 is 0. The highest BCUT2D eigenvalue weighted by Crippen LogP contribution is 2.12. The normalized spacial score (nSPS) is 14.7. The lowest BCUT2D eigenvalue weighted by atomic mass is 10.0. The molecule has 2 atom stereocenters. The Labute approximate surface area is 112 Å². The van der Waals surface area contributed by atoms with Crippen LogP contribution in [0.2, 0.25) is 0 Å². The third-order valence-corrected chi connectivity index (χ3v) is 3.48. The molecule has 0 saturated heterocycles. The van der Waals surface area contributed by atoms with Gasteiger partial charge >= 0.3 is 0 Å². The zero-order chi connectivity index (χ0) is 13.6. The van der Waals surface area contributed by atoms with Crippen molar-refractivity contribution in [3.63, 3.8) is 0 Å². The lowest BCUT2D eigenvalue weighted by Crippen LogP contribution is -2.28. The van der Waals surface area contributed by atoms with E-state index in [-0.39, 0.29) is 6.61 Å². The molecule has 0 aromatic heterocycles. The van der Waals surface area contributed by atoms with E-state index in [1.807, 2.05) is 0 Å². The predicted octanol–water partition coefficient (Wildman–Crippen LogP) is 3.01. The van der Waals surface area contributed by atoms with Gasteiger partial charge in [-0.1, -0.05) is 71.1 Å². The van der Waals surface area contributed by atoms with E-state index in [4.69, 9.17) is 10.2 Å². The van der Waals surface area contributed by atoms with E-state index < -0.39 is 12.2 Å². The van der Waals surface area contributed by atoms with Gasteiger partial charge in [0.25, 0.3) is 0 Å². The first-order valence-corrected chi connectivity index (χ1v) is 7.69. The molecule has 0 amide bonds. The summed E-state index contributed by atoms with van der Waals surface area (Å²) in [7, 11) is 0. The largest absolute Gasteiger partial charge is 0.394 e. The monoisotopic (exact) mass is 260 g/mol. The highest BCUT2D eigenvalue weighted by atomic mass is 16.4. The maximum atomic E-state index is 9.43. The van der Waals surface area contributed by atoms with Gasteiger partial charge in [0, 0.05) is 0 Å². The van der Waals surface area contributed by atoms with Crippen LogP contribution >= 0.6 is 0 Å². The molecule has 0 bridgehead atoms. The Morgan fingerprint density at radius 1 is 0.667 bits per heavy atom. The quantitative estimate of drug-likeness (QED) is 0.446. The molecule has 3 heteroatoms. The summed E-state index contributed by atoms with van der Waals surface area (Å²) in [5, 5.41) is 27.3. The molecule has 18 heavy (non-hydrogen) atoms. The summed E-state index contributed by atoms with van der Waals surface area (Å²) in [5.41, 5.74) is 0. The second-order valence-corrected chi connectivity index (χ2v) is 5.29. The summed E-state index contributed by atoms with van der Waals surface area (Å²) in [6.45, 7) is 1.89. The van der Waals surface area contributed by atoms with Gasteiger partial charge in [0.05, 0.1) is 12.7 Å². The molecule has 0 spiro atoms. The summed E-state index contributed by atoms with van der Waals surface area (Å²) >= 11 is 0. The number of aliphatic hydroxyl groups excluding tert-OH is 3. The van der Waals surface area contributed by atoms with E-state index in [2.05, 4.69) is 6.92 Å². The van der Waals surface area contributed by atoms with Gasteiger partial charge in [-0.25, -0.2) is 0 Å². The second-order valence-electron chi connectivity index (χ2n) is 5.29. The molecular formula is C15H32O3. The number of hydrogen-bond donors (Lipinski definition) is 3. The zero-order valence-corrected chi connectivity index (χ0v) is 12.0. The Kier molecular flexibility index (Phi) is 13.2. The number of hydrogen-bond acceptors (Lipinski definition) is 3. The fourth-order valence-electron chi connectivity index (χ4n) is 2.15. The average molecular weight is 260 g/mol. The number of rotatable bonds is 13. The highest BCUT2D eigenvalue weighted by Gasteiger charge is 2.13. The van der Waals surface area contributed by atoms with E-state index in [1.54, 1.807) is 0 Å². The molecule has 0 unspecified atom stereocenters. The Hall–Kier alpha value is -0.120. The van der Waals surface area contributed by atoms with Crippen LogP contribution in [0.5, 0.6) is 0 Å². The summed E-state index contributed by atoms with van der Waals surface area (Å²) in [6, 6.07) is 0. The minimum Gasteiger partial charge on any atom is -0.394 e. The maximum Gasteiger partial charge on any atom is 0.103 e. The molecule has 0 saturated carbocycles. The standard InChI is InChI=1S/C15H32O3/c1-2-3-4-5-6-7-8-9-10-11-12-14(17)15(18)13-16/h14-18H,2-13H2,1H3/t14-,15-/m0/s1. The van der Waals surface area contributed by atoms with Crippen molar-refractivity contribution in [2.75, 3.05) is 6.61 Å². The van der Waals surface area contributed by atoms with Crippen LogP contribution in [0.3, 0.4) is 0 Å². The molecular weight excluding hydrogens is 228 g/mol. The van der Waals surface area contributed by atoms with E-state index in [1.165, 1.54) is 51.4 Å².